The minimum Gasteiger partial charge on any atom is -0.343 e. The number of amides is 1. The Kier molecular flexibility index (Phi) is 5.08. The predicted molar refractivity (Wildman–Crippen MR) is 84.9 cm³/mol. The molecule has 1 aromatic rings. The van der Waals surface area contributed by atoms with Crippen LogP contribution in [0.2, 0.25) is 0 Å². The molecule has 0 saturated carbocycles. The van der Waals surface area contributed by atoms with E-state index in [0.29, 0.717) is 19.5 Å². The lowest BCUT2D eigenvalue weighted by Gasteiger charge is -2.21. The monoisotopic (exact) mass is 309 g/mol. The van der Waals surface area contributed by atoms with Gasteiger partial charge in [0.05, 0.1) is 11.7 Å². The van der Waals surface area contributed by atoms with Crippen molar-refractivity contribution in [3.8, 4) is 0 Å². The van der Waals surface area contributed by atoms with Crippen LogP contribution in [0.1, 0.15) is 51.8 Å². The van der Waals surface area contributed by atoms with Crippen molar-refractivity contribution in [2.75, 3.05) is 18.8 Å². The second-order valence-electron chi connectivity index (χ2n) is 5.56. The van der Waals surface area contributed by atoms with Crippen molar-refractivity contribution >= 4 is 17.7 Å². The highest BCUT2D eigenvalue weighted by atomic mass is 32.2. The Bertz CT molecular complexity index is 579. The van der Waals surface area contributed by atoms with Gasteiger partial charge in [-0.1, -0.05) is 25.6 Å². The van der Waals surface area contributed by atoms with E-state index in [0.717, 1.165) is 16.6 Å². The lowest BCUT2D eigenvalue weighted by Crippen LogP contribution is -2.34. The van der Waals surface area contributed by atoms with Crippen LogP contribution in [0.3, 0.4) is 0 Å². The fraction of sp³-hybridized carbons (Fsp3) is 0.667. The van der Waals surface area contributed by atoms with Gasteiger partial charge in [0.15, 0.2) is 5.16 Å². The Hall–Kier alpha value is -1.30. The summed E-state index contributed by atoms with van der Waals surface area (Å²) in [6.45, 7) is 9.42. The lowest BCUT2D eigenvalue weighted by atomic mass is 10.1. The highest BCUT2D eigenvalue weighted by Crippen LogP contribution is 2.33. The van der Waals surface area contributed by atoms with E-state index in [4.69, 9.17) is 0 Å². The SMILES string of the molecule is CCN(CC)C(=O)CC1CSc2nc(C(C)C)cc(=O)n21. The van der Waals surface area contributed by atoms with Crippen molar-refractivity contribution in [3.05, 3.63) is 22.1 Å². The van der Waals surface area contributed by atoms with Crippen LogP contribution in [-0.4, -0.2) is 39.2 Å². The Balaban J connectivity index is 2.23. The summed E-state index contributed by atoms with van der Waals surface area (Å²) in [5, 5.41) is 0.753. The average Bonchev–Trinajstić information content (AvgIpc) is 2.83. The summed E-state index contributed by atoms with van der Waals surface area (Å²) in [4.78, 5) is 30.9. The van der Waals surface area contributed by atoms with Crippen molar-refractivity contribution in [2.24, 2.45) is 0 Å². The maximum absolute atomic E-state index is 12.3. The van der Waals surface area contributed by atoms with Gasteiger partial charge in [0, 0.05) is 31.3 Å². The first-order valence-electron chi connectivity index (χ1n) is 7.51. The molecule has 2 heterocycles. The van der Waals surface area contributed by atoms with E-state index in [2.05, 4.69) is 4.98 Å². The van der Waals surface area contributed by atoms with E-state index >= 15 is 0 Å². The van der Waals surface area contributed by atoms with Gasteiger partial charge in [-0.25, -0.2) is 4.98 Å². The summed E-state index contributed by atoms with van der Waals surface area (Å²) in [6, 6.07) is 1.54. The summed E-state index contributed by atoms with van der Waals surface area (Å²) in [5.41, 5.74) is 0.792. The molecule has 1 aliphatic rings. The molecular formula is C15H23N3O2S. The van der Waals surface area contributed by atoms with Crippen LogP contribution < -0.4 is 5.56 Å². The molecule has 1 aromatic heterocycles. The Morgan fingerprint density at radius 3 is 2.71 bits per heavy atom. The zero-order valence-electron chi connectivity index (χ0n) is 13.1. The smallest absolute Gasteiger partial charge is 0.254 e. The Labute approximate surface area is 129 Å². The van der Waals surface area contributed by atoms with E-state index in [1.807, 2.05) is 32.6 Å². The van der Waals surface area contributed by atoms with E-state index in [1.54, 1.807) is 22.4 Å². The molecule has 2 rings (SSSR count). The summed E-state index contributed by atoms with van der Waals surface area (Å²) in [7, 11) is 0. The molecule has 1 amide bonds. The molecule has 21 heavy (non-hydrogen) atoms. The van der Waals surface area contributed by atoms with Crippen LogP contribution in [0.4, 0.5) is 0 Å². The number of carbonyl (C=O) groups is 1. The van der Waals surface area contributed by atoms with E-state index in [1.165, 1.54) is 0 Å². The van der Waals surface area contributed by atoms with Gasteiger partial charge in [-0.05, 0) is 19.8 Å². The highest BCUT2D eigenvalue weighted by Gasteiger charge is 2.29. The molecule has 6 heteroatoms. The van der Waals surface area contributed by atoms with Crippen molar-refractivity contribution in [3.63, 3.8) is 0 Å². The zero-order valence-corrected chi connectivity index (χ0v) is 13.9. The number of fused-ring (bicyclic) bond motifs is 1. The Morgan fingerprint density at radius 2 is 2.14 bits per heavy atom. The summed E-state index contributed by atoms with van der Waals surface area (Å²) >= 11 is 1.57. The van der Waals surface area contributed by atoms with Gasteiger partial charge in [0.1, 0.15) is 0 Å². The predicted octanol–water partition coefficient (Wildman–Crippen LogP) is 2.27. The first kappa shape index (κ1) is 16.1. The van der Waals surface area contributed by atoms with Crippen molar-refractivity contribution in [2.45, 2.75) is 51.2 Å². The van der Waals surface area contributed by atoms with Crippen LogP contribution in [-0.2, 0) is 4.79 Å². The molecule has 1 unspecified atom stereocenters. The number of hydrogen-bond donors (Lipinski definition) is 0. The summed E-state index contributed by atoms with van der Waals surface area (Å²) in [6.07, 6.45) is 0.379. The number of nitrogens with zero attached hydrogens (tertiary/aromatic N) is 3. The van der Waals surface area contributed by atoms with Gasteiger partial charge < -0.3 is 4.90 Å². The fourth-order valence-corrected chi connectivity index (χ4v) is 3.68. The van der Waals surface area contributed by atoms with Crippen LogP contribution in [0.5, 0.6) is 0 Å². The maximum Gasteiger partial charge on any atom is 0.254 e. The van der Waals surface area contributed by atoms with Crippen LogP contribution >= 0.6 is 11.8 Å². The van der Waals surface area contributed by atoms with E-state index in [9.17, 15) is 9.59 Å². The third kappa shape index (κ3) is 3.31. The lowest BCUT2D eigenvalue weighted by molar-refractivity contribution is -0.131. The van der Waals surface area contributed by atoms with E-state index in [-0.39, 0.29) is 23.4 Å². The third-order valence-corrected chi connectivity index (χ3v) is 4.93. The molecule has 0 radical (unpaired) electrons. The van der Waals surface area contributed by atoms with Gasteiger partial charge in [-0.3, -0.25) is 14.2 Å². The topological polar surface area (TPSA) is 55.2 Å². The number of rotatable bonds is 5. The van der Waals surface area contributed by atoms with Crippen LogP contribution in [0, 0.1) is 0 Å². The van der Waals surface area contributed by atoms with Crippen LogP contribution in [0.25, 0.3) is 0 Å². The molecule has 116 valence electrons. The Morgan fingerprint density at radius 1 is 1.48 bits per heavy atom. The molecule has 0 N–H and O–H groups in total. The molecule has 1 atom stereocenters. The van der Waals surface area contributed by atoms with Crippen molar-refractivity contribution in [1.29, 1.82) is 0 Å². The standard InChI is InChI=1S/C15H23N3O2S/c1-5-17(6-2)13(19)7-11-9-21-15-16-12(10(3)4)8-14(20)18(11)15/h8,10-11H,5-7,9H2,1-4H3. The van der Waals surface area contributed by atoms with Gasteiger partial charge in [0.25, 0.3) is 5.56 Å². The molecule has 0 saturated heterocycles. The molecule has 5 nitrogen and oxygen atoms in total. The largest absolute Gasteiger partial charge is 0.343 e. The zero-order chi connectivity index (χ0) is 15.6. The fourth-order valence-electron chi connectivity index (χ4n) is 2.52. The molecular weight excluding hydrogens is 286 g/mol. The number of aromatic nitrogens is 2. The molecule has 0 aromatic carbocycles. The number of hydrogen-bond acceptors (Lipinski definition) is 4. The number of thioether (sulfide) groups is 1. The van der Waals surface area contributed by atoms with Crippen LogP contribution in [0.15, 0.2) is 16.0 Å². The molecule has 0 spiro atoms. The summed E-state index contributed by atoms with van der Waals surface area (Å²) in [5.74, 6) is 1.09. The quantitative estimate of drug-likeness (QED) is 0.783. The second-order valence-corrected chi connectivity index (χ2v) is 6.55. The van der Waals surface area contributed by atoms with Gasteiger partial charge >= 0.3 is 0 Å². The molecule has 0 bridgehead atoms. The normalized spacial score (nSPS) is 17.1. The second kappa shape index (κ2) is 6.64. The minimum absolute atomic E-state index is 0.0361. The maximum atomic E-state index is 12.3. The third-order valence-electron chi connectivity index (χ3n) is 3.83. The van der Waals surface area contributed by atoms with Gasteiger partial charge in [-0.15, -0.1) is 0 Å². The molecule has 0 fully saturated rings. The van der Waals surface area contributed by atoms with E-state index < -0.39 is 0 Å². The van der Waals surface area contributed by atoms with Gasteiger partial charge in [0.2, 0.25) is 5.91 Å². The van der Waals surface area contributed by atoms with Crippen molar-refractivity contribution in [1.82, 2.24) is 14.5 Å². The van der Waals surface area contributed by atoms with Gasteiger partial charge in [-0.2, -0.15) is 0 Å². The molecule has 1 aliphatic heterocycles. The first-order chi connectivity index (χ1) is 9.97. The average molecular weight is 309 g/mol. The minimum atomic E-state index is -0.0701. The van der Waals surface area contributed by atoms with Crippen molar-refractivity contribution < 1.29 is 4.79 Å². The first-order valence-corrected chi connectivity index (χ1v) is 8.50. The highest BCUT2D eigenvalue weighted by molar-refractivity contribution is 7.99. The number of carbonyl (C=O) groups excluding carboxylic acids is 1. The summed E-state index contributed by atoms with van der Waals surface area (Å²) < 4.78 is 1.69. The molecule has 0 aliphatic carbocycles.